The summed E-state index contributed by atoms with van der Waals surface area (Å²) in [5.41, 5.74) is 5.58. The number of aromatic nitrogens is 1. The smallest absolute Gasteiger partial charge is 0.231 e. The van der Waals surface area contributed by atoms with Gasteiger partial charge in [0.25, 0.3) is 0 Å². The molecule has 0 saturated carbocycles. The number of benzene rings is 3. The highest BCUT2D eigenvalue weighted by atomic mass is 79.9. The van der Waals surface area contributed by atoms with Gasteiger partial charge in [-0.05, 0) is 60.7 Å². The summed E-state index contributed by atoms with van der Waals surface area (Å²) in [7, 11) is 1.63. The Bertz CT molecular complexity index is 1140. The van der Waals surface area contributed by atoms with Crippen LogP contribution in [0.3, 0.4) is 0 Å². The van der Waals surface area contributed by atoms with Crippen LogP contribution in [0.25, 0.3) is 10.2 Å². The molecule has 6 nitrogen and oxygen atoms in total. The third-order valence-electron chi connectivity index (χ3n) is 4.00. The first-order chi connectivity index (χ1) is 14.2. The van der Waals surface area contributed by atoms with Crippen molar-refractivity contribution in [2.45, 2.75) is 0 Å². The van der Waals surface area contributed by atoms with E-state index in [0.717, 1.165) is 31.7 Å². The molecule has 0 aliphatic carbocycles. The molecule has 144 valence electrons. The van der Waals surface area contributed by atoms with Crippen molar-refractivity contribution in [3.8, 4) is 5.75 Å². The molecule has 8 heteroatoms. The molecule has 3 aromatic carbocycles. The fourth-order valence-electron chi connectivity index (χ4n) is 2.52. The number of rotatable bonds is 5. The normalized spacial score (nSPS) is 11.9. The lowest BCUT2D eigenvalue weighted by Gasteiger charge is -2.04. The maximum absolute atomic E-state index is 5.18. The number of hydrogen-bond donors (Lipinski definition) is 1. The molecule has 1 aromatic heterocycles. The number of nitrogens with one attached hydrogen (secondary N) is 1. The minimum Gasteiger partial charge on any atom is -0.497 e. The Kier molecular flexibility index (Phi) is 5.92. The fraction of sp³-hybridized carbons (Fsp3) is 0.0476. The zero-order valence-electron chi connectivity index (χ0n) is 15.4. The lowest BCUT2D eigenvalue weighted by atomic mass is 10.2. The quantitative estimate of drug-likeness (QED) is 0.155. The standard InChI is InChI=1S/C21H16BrN5OS/c1-28-17-12-10-16(11-13-17)24-25-20(14-6-8-15(22)9-7-14)26-27-21-23-18-4-2-3-5-19(18)29-21/h2-13,24H,1H3. The van der Waals surface area contributed by atoms with Crippen molar-refractivity contribution < 1.29 is 4.74 Å². The molecule has 4 rings (SSSR count). The summed E-state index contributed by atoms with van der Waals surface area (Å²) in [4.78, 5) is 4.49. The molecule has 0 saturated heterocycles. The van der Waals surface area contributed by atoms with Gasteiger partial charge in [0, 0.05) is 10.0 Å². The molecule has 0 atom stereocenters. The van der Waals surface area contributed by atoms with Crippen molar-refractivity contribution in [3.63, 3.8) is 0 Å². The number of nitrogens with zero attached hydrogens (tertiary/aromatic N) is 4. The Hall–Kier alpha value is -3.10. The van der Waals surface area contributed by atoms with E-state index >= 15 is 0 Å². The van der Waals surface area contributed by atoms with Crippen LogP contribution in [0.4, 0.5) is 10.8 Å². The molecule has 4 aromatic rings. The van der Waals surface area contributed by atoms with Crippen LogP contribution in [-0.4, -0.2) is 17.9 Å². The minimum absolute atomic E-state index is 0.451. The van der Waals surface area contributed by atoms with Crippen molar-refractivity contribution in [1.82, 2.24) is 4.98 Å². The van der Waals surface area contributed by atoms with E-state index in [1.807, 2.05) is 72.8 Å². The first kappa shape index (κ1) is 19.2. The summed E-state index contributed by atoms with van der Waals surface area (Å²) < 4.78 is 7.23. The van der Waals surface area contributed by atoms with Gasteiger partial charge in [0.05, 0.1) is 23.0 Å². The van der Waals surface area contributed by atoms with Gasteiger partial charge in [-0.2, -0.15) is 5.10 Å². The van der Waals surface area contributed by atoms with Gasteiger partial charge in [-0.15, -0.1) is 10.2 Å². The lowest BCUT2D eigenvalue weighted by molar-refractivity contribution is 0.415. The van der Waals surface area contributed by atoms with Crippen molar-refractivity contribution in [2.24, 2.45) is 15.3 Å². The number of fused-ring (bicyclic) bond motifs is 1. The number of methoxy groups -OCH3 is 1. The summed E-state index contributed by atoms with van der Waals surface area (Å²) in [6, 6.07) is 23.1. The molecule has 29 heavy (non-hydrogen) atoms. The van der Waals surface area contributed by atoms with Crippen molar-refractivity contribution in [2.75, 3.05) is 12.5 Å². The number of hydrogen-bond acceptors (Lipinski definition) is 6. The number of azo groups is 1. The SMILES string of the molecule is COc1ccc(NN=C(N=Nc2nc3ccccc3s2)c2ccc(Br)cc2)cc1. The lowest BCUT2D eigenvalue weighted by Crippen LogP contribution is -2.01. The first-order valence-corrected chi connectivity index (χ1v) is 10.3. The average molecular weight is 466 g/mol. The molecule has 0 bridgehead atoms. The van der Waals surface area contributed by atoms with E-state index in [-0.39, 0.29) is 0 Å². The van der Waals surface area contributed by atoms with Crippen molar-refractivity contribution in [3.05, 3.63) is 82.8 Å². The predicted octanol–water partition coefficient (Wildman–Crippen LogP) is 6.63. The van der Waals surface area contributed by atoms with Crippen LogP contribution in [0.1, 0.15) is 5.56 Å². The maximum Gasteiger partial charge on any atom is 0.231 e. The van der Waals surface area contributed by atoms with E-state index in [4.69, 9.17) is 4.74 Å². The monoisotopic (exact) mass is 465 g/mol. The van der Waals surface area contributed by atoms with E-state index < -0.39 is 0 Å². The van der Waals surface area contributed by atoms with Gasteiger partial charge in [-0.3, -0.25) is 5.43 Å². The Labute approximate surface area is 180 Å². The molecule has 0 unspecified atom stereocenters. The summed E-state index contributed by atoms with van der Waals surface area (Å²) in [5, 5.41) is 13.7. The van der Waals surface area contributed by atoms with Gasteiger partial charge in [-0.1, -0.05) is 39.4 Å². The van der Waals surface area contributed by atoms with Gasteiger partial charge >= 0.3 is 0 Å². The van der Waals surface area contributed by atoms with E-state index in [9.17, 15) is 0 Å². The second kappa shape index (κ2) is 8.93. The zero-order valence-corrected chi connectivity index (χ0v) is 17.8. The third-order valence-corrected chi connectivity index (χ3v) is 5.45. The van der Waals surface area contributed by atoms with Crippen molar-refractivity contribution >= 4 is 54.1 Å². The van der Waals surface area contributed by atoms with E-state index in [1.165, 1.54) is 11.3 Å². The van der Waals surface area contributed by atoms with Gasteiger partial charge < -0.3 is 4.74 Å². The second-order valence-electron chi connectivity index (χ2n) is 5.95. The van der Waals surface area contributed by atoms with E-state index in [0.29, 0.717) is 11.0 Å². The largest absolute Gasteiger partial charge is 0.497 e. The maximum atomic E-state index is 5.18. The zero-order chi connectivity index (χ0) is 20.1. The molecule has 0 aliphatic rings. The fourth-order valence-corrected chi connectivity index (χ4v) is 3.57. The Balaban J connectivity index is 1.62. The summed E-state index contributed by atoms with van der Waals surface area (Å²) in [5.74, 6) is 1.23. The number of anilines is 1. The molecule has 0 aliphatic heterocycles. The third kappa shape index (κ3) is 4.85. The summed E-state index contributed by atoms with van der Waals surface area (Å²) >= 11 is 4.94. The Morgan fingerprint density at radius 1 is 1.00 bits per heavy atom. The van der Waals surface area contributed by atoms with Crippen LogP contribution < -0.4 is 10.2 Å². The predicted molar refractivity (Wildman–Crippen MR) is 121 cm³/mol. The Morgan fingerprint density at radius 3 is 2.48 bits per heavy atom. The van der Waals surface area contributed by atoms with Crippen LogP contribution in [0.15, 0.2) is 92.6 Å². The first-order valence-electron chi connectivity index (χ1n) is 8.72. The number of ether oxygens (including phenoxy) is 1. The highest BCUT2D eigenvalue weighted by molar-refractivity contribution is 9.10. The average Bonchev–Trinajstić information content (AvgIpc) is 3.18. The topological polar surface area (TPSA) is 71.2 Å². The molecule has 0 spiro atoms. The van der Waals surface area contributed by atoms with Crippen LogP contribution in [0.5, 0.6) is 5.75 Å². The van der Waals surface area contributed by atoms with E-state index in [1.54, 1.807) is 7.11 Å². The molecule has 1 heterocycles. The van der Waals surface area contributed by atoms with Gasteiger partial charge in [-0.25, -0.2) is 4.98 Å². The number of para-hydroxylation sites is 1. The number of halogens is 1. The van der Waals surface area contributed by atoms with Gasteiger partial charge in [0.2, 0.25) is 11.0 Å². The highest BCUT2D eigenvalue weighted by Gasteiger charge is 2.06. The van der Waals surface area contributed by atoms with Crippen LogP contribution in [0, 0.1) is 0 Å². The number of hydrazone groups is 1. The highest BCUT2D eigenvalue weighted by Crippen LogP contribution is 2.28. The molecule has 0 amide bonds. The molecular formula is C21H16BrN5OS. The van der Waals surface area contributed by atoms with E-state index in [2.05, 4.69) is 41.7 Å². The molecule has 1 N–H and O–H groups in total. The number of thiazole rings is 1. The Morgan fingerprint density at radius 2 is 1.76 bits per heavy atom. The molecular weight excluding hydrogens is 450 g/mol. The van der Waals surface area contributed by atoms with Crippen LogP contribution >= 0.6 is 27.3 Å². The van der Waals surface area contributed by atoms with Gasteiger partial charge in [0.15, 0.2) is 0 Å². The molecule has 0 fully saturated rings. The second-order valence-corrected chi connectivity index (χ2v) is 7.87. The van der Waals surface area contributed by atoms with Crippen molar-refractivity contribution in [1.29, 1.82) is 0 Å². The minimum atomic E-state index is 0.451. The number of amidine groups is 1. The summed E-state index contributed by atoms with van der Waals surface area (Å²) in [6.45, 7) is 0. The van der Waals surface area contributed by atoms with Gasteiger partial charge in [0.1, 0.15) is 5.75 Å². The van der Waals surface area contributed by atoms with Crippen LogP contribution in [0.2, 0.25) is 0 Å². The molecule has 0 radical (unpaired) electrons. The summed E-state index contributed by atoms with van der Waals surface area (Å²) in [6.07, 6.45) is 0. The van der Waals surface area contributed by atoms with Crippen LogP contribution in [-0.2, 0) is 0 Å².